The number of phosphoric ester groups is 1. The predicted molar refractivity (Wildman–Crippen MR) is 117 cm³/mol. The van der Waals surface area contributed by atoms with Crippen LogP contribution in [0, 0.1) is 12.7 Å². The average molecular weight is 475 g/mol. The van der Waals surface area contributed by atoms with Crippen LogP contribution in [0.4, 0.5) is 15.9 Å². The summed E-state index contributed by atoms with van der Waals surface area (Å²) in [6.07, 6.45) is 2.30. The SMILES string of the molecule is CNc1cc(F)cc2c1[nH]c1nc(Oc3cnc(C)nc3)nc(N3CC(OP(=O)(O)O)C3)c12. The summed E-state index contributed by atoms with van der Waals surface area (Å²) >= 11 is 0. The molecule has 12 nitrogen and oxygen atoms in total. The summed E-state index contributed by atoms with van der Waals surface area (Å²) in [7, 11) is -2.94. The second-order valence-electron chi connectivity index (χ2n) is 7.50. The summed E-state index contributed by atoms with van der Waals surface area (Å²) in [4.78, 5) is 40.2. The first kappa shape index (κ1) is 21.5. The Balaban J connectivity index is 1.61. The molecule has 0 radical (unpaired) electrons. The van der Waals surface area contributed by atoms with Crippen molar-refractivity contribution >= 4 is 41.3 Å². The molecular formula is C19H19FN7O5P. The quantitative estimate of drug-likeness (QED) is 0.304. The number of nitrogens with zero attached hydrogens (tertiary/aromatic N) is 5. The van der Waals surface area contributed by atoms with E-state index in [4.69, 9.17) is 19.0 Å². The fourth-order valence-corrected chi connectivity index (χ4v) is 4.23. The van der Waals surface area contributed by atoms with Crippen LogP contribution in [0.1, 0.15) is 5.82 Å². The number of halogens is 1. The zero-order chi connectivity index (χ0) is 23.3. The Labute approximate surface area is 186 Å². The Bertz CT molecular complexity index is 1400. The Kier molecular flexibility index (Phi) is 5.13. The second-order valence-corrected chi connectivity index (χ2v) is 8.69. The summed E-state index contributed by atoms with van der Waals surface area (Å²) in [5.74, 6) is 0.873. The van der Waals surface area contributed by atoms with Crippen LogP contribution in [0.5, 0.6) is 11.8 Å². The number of hydrogen-bond donors (Lipinski definition) is 4. The van der Waals surface area contributed by atoms with Gasteiger partial charge in [0.2, 0.25) is 0 Å². The number of nitrogens with one attached hydrogen (secondary N) is 2. The van der Waals surface area contributed by atoms with Gasteiger partial charge in [-0.1, -0.05) is 0 Å². The lowest BCUT2D eigenvalue weighted by Crippen LogP contribution is -2.52. The van der Waals surface area contributed by atoms with Crippen molar-refractivity contribution in [3.05, 3.63) is 36.2 Å². The molecule has 1 saturated heterocycles. The second kappa shape index (κ2) is 7.89. The van der Waals surface area contributed by atoms with Gasteiger partial charge in [0.25, 0.3) is 0 Å². The number of fused-ring (bicyclic) bond motifs is 3. The molecule has 0 amide bonds. The van der Waals surface area contributed by atoms with Crippen molar-refractivity contribution in [1.82, 2.24) is 24.9 Å². The highest BCUT2D eigenvalue weighted by Gasteiger charge is 2.36. The molecule has 0 spiro atoms. The zero-order valence-corrected chi connectivity index (χ0v) is 18.4. The summed E-state index contributed by atoms with van der Waals surface area (Å²) in [6, 6.07) is 2.74. The number of aromatic amines is 1. The third kappa shape index (κ3) is 4.18. The van der Waals surface area contributed by atoms with Gasteiger partial charge in [-0.05, 0) is 19.1 Å². The molecule has 0 aliphatic carbocycles. The average Bonchev–Trinajstić information content (AvgIpc) is 3.08. The highest BCUT2D eigenvalue weighted by Crippen LogP contribution is 2.42. The van der Waals surface area contributed by atoms with Gasteiger partial charge in [-0.25, -0.2) is 18.9 Å². The first-order valence-corrected chi connectivity index (χ1v) is 11.4. The Morgan fingerprint density at radius 1 is 1.24 bits per heavy atom. The Morgan fingerprint density at radius 2 is 1.97 bits per heavy atom. The first-order valence-electron chi connectivity index (χ1n) is 9.86. The van der Waals surface area contributed by atoms with Gasteiger partial charge in [0, 0.05) is 25.5 Å². The van der Waals surface area contributed by atoms with Crippen LogP contribution >= 0.6 is 7.82 Å². The summed E-state index contributed by atoms with van der Waals surface area (Å²) in [5, 5.41) is 4.05. The van der Waals surface area contributed by atoms with Crippen molar-refractivity contribution in [1.29, 1.82) is 0 Å². The fourth-order valence-electron chi connectivity index (χ4n) is 3.71. The molecule has 3 aromatic heterocycles. The number of benzene rings is 1. The molecule has 33 heavy (non-hydrogen) atoms. The predicted octanol–water partition coefficient (Wildman–Crippen LogP) is 2.48. The molecule has 1 aromatic carbocycles. The maximum Gasteiger partial charge on any atom is 0.469 e. The number of aryl methyl sites for hydroxylation is 1. The third-order valence-electron chi connectivity index (χ3n) is 5.15. The van der Waals surface area contributed by atoms with Crippen LogP contribution in [-0.2, 0) is 9.09 Å². The van der Waals surface area contributed by atoms with Gasteiger partial charge in [-0.15, -0.1) is 0 Å². The van der Waals surface area contributed by atoms with Gasteiger partial charge in [0.1, 0.15) is 29.2 Å². The van der Waals surface area contributed by atoms with Crippen LogP contribution in [0.15, 0.2) is 24.5 Å². The molecular weight excluding hydrogens is 456 g/mol. The van der Waals surface area contributed by atoms with Crippen LogP contribution in [0.2, 0.25) is 0 Å². The molecule has 14 heteroatoms. The van der Waals surface area contributed by atoms with Crippen LogP contribution in [-0.4, -0.2) is 60.9 Å². The molecule has 4 N–H and O–H groups in total. The van der Waals surface area contributed by atoms with E-state index in [0.717, 1.165) is 0 Å². The van der Waals surface area contributed by atoms with E-state index in [0.29, 0.717) is 45.0 Å². The van der Waals surface area contributed by atoms with E-state index < -0.39 is 19.7 Å². The van der Waals surface area contributed by atoms with Crippen molar-refractivity contribution in [2.45, 2.75) is 13.0 Å². The maximum atomic E-state index is 14.3. The van der Waals surface area contributed by atoms with Gasteiger partial charge < -0.3 is 29.7 Å². The minimum Gasteiger partial charge on any atom is -0.421 e. The Morgan fingerprint density at radius 3 is 2.64 bits per heavy atom. The largest absolute Gasteiger partial charge is 0.469 e. The number of H-pyrrole nitrogens is 1. The topological polar surface area (TPSA) is 159 Å². The van der Waals surface area contributed by atoms with Crippen molar-refractivity contribution < 1.29 is 28.0 Å². The number of ether oxygens (including phenoxy) is 1. The highest BCUT2D eigenvalue weighted by molar-refractivity contribution is 7.46. The smallest absolute Gasteiger partial charge is 0.421 e. The molecule has 4 heterocycles. The molecule has 172 valence electrons. The van der Waals surface area contributed by atoms with Crippen molar-refractivity contribution in [2.75, 3.05) is 30.4 Å². The number of rotatable bonds is 6. The van der Waals surface area contributed by atoms with Gasteiger partial charge >= 0.3 is 13.8 Å². The summed E-state index contributed by atoms with van der Waals surface area (Å²) < 4.78 is 36.0. The van der Waals surface area contributed by atoms with Crippen LogP contribution in [0.3, 0.4) is 0 Å². The fraction of sp³-hybridized carbons (Fsp3) is 0.263. The molecule has 0 atom stereocenters. The number of phosphoric acid groups is 1. The lowest BCUT2D eigenvalue weighted by molar-refractivity contribution is 0.111. The van der Waals surface area contributed by atoms with Gasteiger partial charge in [0.05, 0.1) is 29.0 Å². The van der Waals surface area contributed by atoms with Crippen molar-refractivity contribution in [3.63, 3.8) is 0 Å². The van der Waals surface area contributed by atoms with Crippen molar-refractivity contribution in [2.24, 2.45) is 0 Å². The summed E-state index contributed by atoms with van der Waals surface area (Å²) in [6.45, 7) is 2.09. The van der Waals surface area contributed by atoms with E-state index in [1.807, 2.05) is 0 Å². The number of aromatic nitrogens is 5. The molecule has 1 aliphatic heterocycles. The van der Waals surface area contributed by atoms with Crippen molar-refractivity contribution in [3.8, 4) is 11.8 Å². The maximum absolute atomic E-state index is 14.3. The first-order chi connectivity index (χ1) is 15.7. The normalized spacial score (nSPS) is 14.6. The van der Waals surface area contributed by atoms with Gasteiger partial charge in [-0.2, -0.15) is 9.97 Å². The van der Waals surface area contributed by atoms with Gasteiger partial charge in [0.15, 0.2) is 5.75 Å². The van der Waals surface area contributed by atoms with Crippen LogP contribution in [0.25, 0.3) is 21.9 Å². The highest BCUT2D eigenvalue weighted by atomic mass is 31.2. The molecule has 4 aromatic rings. The summed E-state index contributed by atoms with van der Waals surface area (Å²) in [5.41, 5.74) is 1.57. The molecule has 0 unspecified atom stereocenters. The lowest BCUT2D eigenvalue weighted by Gasteiger charge is -2.39. The molecule has 0 bridgehead atoms. The van der Waals surface area contributed by atoms with E-state index in [-0.39, 0.29) is 19.1 Å². The molecule has 1 fully saturated rings. The van der Waals surface area contributed by atoms with Gasteiger partial charge in [-0.3, -0.25) is 4.52 Å². The van der Waals surface area contributed by atoms with E-state index in [9.17, 15) is 8.96 Å². The Hall–Kier alpha value is -3.38. The standard InChI is InChI=1S/C19H19FN7O5P/c1-9-22-5-11(6-23-9)31-19-25-17-15(13-3-10(20)4-14(21-2)16(13)24-17)18(26-19)27-7-12(8-27)32-33(28,29)30/h3-6,12,21H,7-8H2,1-2H3,(H,24,25,26)(H2,28,29,30). The number of anilines is 2. The lowest BCUT2D eigenvalue weighted by atomic mass is 10.1. The molecule has 1 aliphatic rings. The minimum absolute atomic E-state index is 0.00217. The zero-order valence-electron chi connectivity index (χ0n) is 17.5. The number of hydrogen-bond acceptors (Lipinski definition) is 9. The monoisotopic (exact) mass is 475 g/mol. The molecule has 5 rings (SSSR count). The third-order valence-corrected chi connectivity index (χ3v) is 5.73. The van der Waals surface area contributed by atoms with E-state index in [1.54, 1.807) is 18.9 Å². The minimum atomic E-state index is -4.62. The van der Waals surface area contributed by atoms with Crippen LogP contribution < -0.4 is 15.0 Å². The van der Waals surface area contributed by atoms with E-state index in [2.05, 4.69) is 30.2 Å². The van der Waals surface area contributed by atoms with E-state index >= 15 is 0 Å². The molecule has 0 saturated carbocycles. The van der Waals surface area contributed by atoms with E-state index in [1.165, 1.54) is 24.5 Å².